The molecule has 0 saturated carbocycles. The number of rotatable bonds is 13. The van der Waals surface area contributed by atoms with Gasteiger partial charge in [0, 0.05) is 30.6 Å². The zero-order valence-corrected chi connectivity index (χ0v) is 31.4. The Kier molecular flexibility index (Phi) is 14.6. The number of aliphatic imine (C=N–C) groups is 1. The molecule has 284 valence electrons. The molecule has 0 aromatic heterocycles. The van der Waals surface area contributed by atoms with Gasteiger partial charge in [-0.2, -0.15) is 0 Å². The fourth-order valence-corrected chi connectivity index (χ4v) is 8.71. The number of nitrogens with one attached hydrogen (secondary N) is 1. The summed E-state index contributed by atoms with van der Waals surface area (Å²) in [7, 11) is 2.59. The van der Waals surface area contributed by atoms with Crippen molar-refractivity contribution < 1.29 is 38.2 Å². The summed E-state index contributed by atoms with van der Waals surface area (Å²) in [6.45, 7) is 0.229. The van der Waals surface area contributed by atoms with Crippen LogP contribution < -0.4 is 5.32 Å². The number of methoxy groups -OCH3 is 2. The van der Waals surface area contributed by atoms with Crippen molar-refractivity contribution in [2.24, 2.45) is 16.8 Å². The average molecular weight is 747 g/mol. The normalized spacial score (nSPS) is 22.5. The van der Waals surface area contributed by atoms with Gasteiger partial charge in [0.1, 0.15) is 24.3 Å². The van der Waals surface area contributed by atoms with Crippen LogP contribution in [-0.4, -0.2) is 102 Å². The van der Waals surface area contributed by atoms with E-state index in [1.165, 1.54) is 19.1 Å². The second kappa shape index (κ2) is 19.5. The molecule has 0 spiro atoms. The first-order chi connectivity index (χ1) is 25.7. The maximum atomic E-state index is 14.1. The van der Waals surface area contributed by atoms with Gasteiger partial charge >= 0.3 is 11.9 Å². The van der Waals surface area contributed by atoms with Crippen LogP contribution in [0.3, 0.4) is 0 Å². The van der Waals surface area contributed by atoms with Crippen LogP contribution in [0.2, 0.25) is 0 Å². The minimum absolute atomic E-state index is 0.140. The molecule has 1 N–H and O–H groups in total. The molecule has 3 aliphatic rings. The average Bonchev–Trinajstić information content (AvgIpc) is 3.45. The predicted molar refractivity (Wildman–Crippen MR) is 201 cm³/mol. The monoisotopic (exact) mass is 746 g/mol. The lowest BCUT2D eigenvalue weighted by Crippen LogP contribution is -2.53. The molecule has 2 aromatic carbocycles. The van der Waals surface area contributed by atoms with Gasteiger partial charge in [0.15, 0.2) is 0 Å². The minimum atomic E-state index is -0.785. The second-order valence-corrected chi connectivity index (χ2v) is 15.2. The van der Waals surface area contributed by atoms with Gasteiger partial charge < -0.3 is 24.6 Å². The van der Waals surface area contributed by atoms with Gasteiger partial charge in [-0.25, -0.2) is 9.79 Å². The Labute approximate surface area is 315 Å². The van der Waals surface area contributed by atoms with Crippen LogP contribution in [0.4, 0.5) is 0 Å². The zero-order chi connectivity index (χ0) is 37.7. The Bertz CT molecular complexity index is 1640. The highest BCUT2D eigenvalue weighted by atomic mass is 32.2. The number of esters is 2. The summed E-state index contributed by atoms with van der Waals surface area (Å²) in [5.41, 5.74) is 2.01. The quantitative estimate of drug-likeness (QED) is 0.298. The van der Waals surface area contributed by atoms with Crippen LogP contribution in [0.5, 0.6) is 0 Å². The summed E-state index contributed by atoms with van der Waals surface area (Å²) in [6, 6.07) is 17.7. The van der Waals surface area contributed by atoms with Crippen molar-refractivity contribution in [2.75, 3.05) is 33.1 Å². The number of amides is 4. The summed E-state index contributed by atoms with van der Waals surface area (Å²) in [6.07, 6.45) is 5.59. The highest BCUT2D eigenvalue weighted by Gasteiger charge is 2.42. The number of ether oxygens (including phenoxy) is 2. The fourth-order valence-electron chi connectivity index (χ4n) is 7.39. The molecule has 12 nitrogen and oxygen atoms in total. The van der Waals surface area contributed by atoms with E-state index < -0.39 is 47.7 Å². The van der Waals surface area contributed by atoms with Crippen LogP contribution >= 0.6 is 11.8 Å². The van der Waals surface area contributed by atoms with Crippen molar-refractivity contribution in [3.05, 3.63) is 71.8 Å². The SMILES string of the molecule is COC(=O)CN1CCCC[C@H](NC(=O)[C@H](CC[C@H](Cc2ccccc2)C(=O)N=C2CCS[C@H]3CCC[C@@H](C(=O)OC)N3C2=O)Cc2ccccc2)C1=O. The van der Waals surface area contributed by atoms with E-state index in [0.717, 1.165) is 24.0 Å². The van der Waals surface area contributed by atoms with Gasteiger partial charge in [-0.3, -0.25) is 24.0 Å². The van der Waals surface area contributed by atoms with E-state index in [9.17, 15) is 28.8 Å². The molecule has 2 aromatic rings. The van der Waals surface area contributed by atoms with E-state index in [-0.39, 0.29) is 29.4 Å². The van der Waals surface area contributed by atoms with Crippen LogP contribution in [0.1, 0.15) is 68.9 Å². The lowest BCUT2D eigenvalue weighted by Gasteiger charge is -2.38. The molecule has 13 heteroatoms. The highest BCUT2D eigenvalue weighted by molar-refractivity contribution is 7.99. The van der Waals surface area contributed by atoms with Crippen LogP contribution in [0.15, 0.2) is 65.7 Å². The number of hydrogen-bond donors (Lipinski definition) is 1. The van der Waals surface area contributed by atoms with Crippen molar-refractivity contribution in [3.63, 3.8) is 0 Å². The molecule has 4 amide bonds. The van der Waals surface area contributed by atoms with Crippen LogP contribution in [0.25, 0.3) is 0 Å². The summed E-state index contributed by atoms with van der Waals surface area (Å²) in [5, 5.41) is 2.80. The number of benzene rings is 2. The highest BCUT2D eigenvalue weighted by Crippen LogP contribution is 2.34. The smallest absolute Gasteiger partial charge is 0.328 e. The van der Waals surface area contributed by atoms with Gasteiger partial charge in [0.25, 0.3) is 5.91 Å². The molecule has 3 heterocycles. The molecule has 0 bridgehead atoms. The lowest BCUT2D eigenvalue weighted by molar-refractivity contribution is -0.153. The summed E-state index contributed by atoms with van der Waals surface area (Å²) in [4.78, 5) is 87.8. The Morgan fingerprint density at radius 1 is 0.849 bits per heavy atom. The molecular weight excluding hydrogens is 697 g/mol. The van der Waals surface area contributed by atoms with Crippen LogP contribution in [0, 0.1) is 11.8 Å². The van der Waals surface area contributed by atoms with E-state index in [1.54, 1.807) is 16.7 Å². The van der Waals surface area contributed by atoms with E-state index in [4.69, 9.17) is 9.47 Å². The first-order valence-electron chi connectivity index (χ1n) is 18.6. The van der Waals surface area contributed by atoms with Crippen molar-refractivity contribution in [1.82, 2.24) is 15.1 Å². The number of piperidine rings is 1. The number of carbonyl (C=O) groups excluding carboxylic acids is 6. The maximum Gasteiger partial charge on any atom is 0.328 e. The number of fused-ring (bicyclic) bond motifs is 1. The fraction of sp³-hybridized carbons (Fsp3) is 0.525. The number of likely N-dealkylation sites (tertiary alicyclic amines) is 1. The first kappa shape index (κ1) is 39.7. The van der Waals surface area contributed by atoms with Crippen molar-refractivity contribution >= 4 is 53.0 Å². The number of thioether (sulfide) groups is 1. The van der Waals surface area contributed by atoms with E-state index in [0.29, 0.717) is 70.1 Å². The molecule has 3 fully saturated rings. The van der Waals surface area contributed by atoms with Gasteiger partial charge in [-0.1, -0.05) is 60.7 Å². The van der Waals surface area contributed by atoms with Crippen molar-refractivity contribution in [3.8, 4) is 0 Å². The van der Waals surface area contributed by atoms with E-state index in [1.807, 2.05) is 60.7 Å². The third-order valence-corrected chi connectivity index (χ3v) is 11.6. The molecule has 5 rings (SSSR count). The van der Waals surface area contributed by atoms with Gasteiger partial charge in [0.05, 0.1) is 19.6 Å². The van der Waals surface area contributed by atoms with Gasteiger partial charge in [-0.15, -0.1) is 11.8 Å². The van der Waals surface area contributed by atoms with E-state index >= 15 is 0 Å². The number of hydrogen-bond acceptors (Lipinski definition) is 9. The van der Waals surface area contributed by atoms with Crippen molar-refractivity contribution in [1.29, 1.82) is 0 Å². The Morgan fingerprint density at radius 2 is 1.51 bits per heavy atom. The molecule has 0 aliphatic carbocycles. The molecule has 0 unspecified atom stereocenters. The topological polar surface area (TPSA) is 152 Å². The number of carbonyl (C=O) groups is 6. The molecular formula is C40H50N4O8S. The molecule has 0 radical (unpaired) electrons. The standard InChI is InChI=1S/C40H50N4O8S/c1-51-35(45)26-43-22-10-9-16-31(38(43)48)41-36(46)29(24-27-12-5-3-6-13-27)19-20-30(25-28-14-7-4-8-15-28)37(47)42-32-21-23-53-34-18-11-17-33(40(50)52-2)44(34)39(32)49/h3-8,12-15,29-31,33-34H,9-11,16-26H2,1-2H3,(H,41,46)/t29-,30-,31+,33+,34+/m1/s1. The van der Waals surface area contributed by atoms with Gasteiger partial charge in [-0.05, 0) is 75.3 Å². The lowest BCUT2D eigenvalue weighted by atomic mass is 9.87. The molecule has 53 heavy (non-hydrogen) atoms. The van der Waals surface area contributed by atoms with Gasteiger partial charge in [0.2, 0.25) is 17.7 Å². The summed E-state index contributed by atoms with van der Waals surface area (Å²) in [5.74, 6) is -3.07. The van der Waals surface area contributed by atoms with Crippen LogP contribution in [-0.2, 0) is 51.1 Å². The third kappa shape index (κ3) is 10.8. The number of nitrogens with zero attached hydrogens (tertiary/aromatic N) is 3. The van der Waals surface area contributed by atoms with E-state index in [2.05, 4.69) is 10.3 Å². The molecule has 3 aliphatic heterocycles. The minimum Gasteiger partial charge on any atom is -0.468 e. The second-order valence-electron chi connectivity index (χ2n) is 13.9. The Balaban J connectivity index is 1.37. The summed E-state index contributed by atoms with van der Waals surface area (Å²) >= 11 is 1.59. The zero-order valence-electron chi connectivity index (χ0n) is 30.6. The summed E-state index contributed by atoms with van der Waals surface area (Å²) < 4.78 is 9.81. The maximum absolute atomic E-state index is 14.1. The first-order valence-corrected chi connectivity index (χ1v) is 19.6. The Hall–Kier alpha value is -4.52. The molecule has 5 atom stereocenters. The largest absolute Gasteiger partial charge is 0.468 e. The third-order valence-electron chi connectivity index (χ3n) is 10.3. The van der Waals surface area contributed by atoms with Crippen molar-refractivity contribution in [2.45, 2.75) is 88.1 Å². The molecule has 3 saturated heterocycles. The predicted octanol–water partition coefficient (Wildman–Crippen LogP) is 4.14. The Morgan fingerprint density at radius 3 is 2.17 bits per heavy atom.